The molecule has 1 aliphatic carbocycles. The lowest BCUT2D eigenvalue weighted by molar-refractivity contribution is -0.0487. The quantitative estimate of drug-likeness (QED) is 0.676. The topological polar surface area (TPSA) is 27.7 Å². The van der Waals surface area contributed by atoms with E-state index in [2.05, 4.69) is 27.7 Å². The molecule has 0 bridgehead atoms. The molecule has 0 aromatic carbocycles. The zero-order valence-corrected chi connectivity index (χ0v) is 14.8. The lowest BCUT2D eigenvalue weighted by Gasteiger charge is -2.31. The van der Waals surface area contributed by atoms with Crippen LogP contribution in [0, 0.1) is 17.8 Å². The maximum absolute atomic E-state index is 5.35. The first kappa shape index (κ1) is 26.8. The molecule has 0 aliphatic heterocycles. The molecule has 1 fully saturated rings. The van der Waals surface area contributed by atoms with E-state index in [4.69, 9.17) is 14.2 Å². The average Bonchev–Trinajstić information content (AvgIpc) is 2.39. The van der Waals surface area contributed by atoms with Gasteiger partial charge in [0.15, 0.2) is 0 Å². The van der Waals surface area contributed by atoms with Crippen LogP contribution in [0.15, 0.2) is 0 Å². The fourth-order valence-electron chi connectivity index (χ4n) is 3.13. The van der Waals surface area contributed by atoms with E-state index >= 15 is 0 Å². The van der Waals surface area contributed by atoms with Crippen molar-refractivity contribution in [3.63, 3.8) is 0 Å². The highest BCUT2D eigenvalue weighted by molar-refractivity contribution is 4.75. The summed E-state index contributed by atoms with van der Waals surface area (Å²) in [5.41, 5.74) is 0. The Kier molecular flexibility index (Phi) is 17.6. The monoisotopic (exact) mass is 320 g/mol. The van der Waals surface area contributed by atoms with E-state index in [0.29, 0.717) is 12.0 Å². The zero-order valence-electron chi connectivity index (χ0n) is 14.8. The van der Waals surface area contributed by atoms with Gasteiger partial charge in [-0.15, -0.1) is 0 Å². The predicted molar refractivity (Wildman–Crippen MR) is 98.5 cm³/mol. The van der Waals surface area contributed by atoms with E-state index in [1.165, 1.54) is 19.3 Å². The SMILES string of the molecule is C.C.COC(C)C(OC)C(C)C.COC1CCC(C)CC1C. The molecule has 0 aromatic rings. The van der Waals surface area contributed by atoms with E-state index in [0.717, 1.165) is 11.8 Å². The van der Waals surface area contributed by atoms with Crippen LogP contribution in [0.4, 0.5) is 0 Å². The Balaban J connectivity index is -0.000000301. The molecule has 0 aromatic heterocycles. The standard InChI is InChI=1S/C9H18O.C8H18O2.2CH4/c1-7-4-5-9(10-3)8(2)6-7;1-6(2)8(10-5)7(3)9-4;;/h7-9H,4-6H2,1-3H3;6-8H,1-5H3;2*1H4. The molecule has 5 atom stereocenters. The Hall–Kier alpha value is -0.120. The molecule has 0 spiro atoms. The molecule has 3 heteroatoms. The molecule has 22 heavy (non-hydrogen) atoms. The molecule has 0 N–H and O–H groups in total. The fraction of sp³-hybridized carbons (Fsp3) is 1.00. The van der Waals surface area contributed by atoms with Crippen molar-refractivity contribution < 1.29 is 14.2 Å². The maximum atomic E-state index is 5.35. The van der Waals surface area contributed by atoms with Gasteiger partial charge in [-0.05, 0) is 43.9 Å². The second-order valence-electron chi connectivity index (χ2n) is 6.55. The summed E-state index contributed by atoms with van der Waals surface area (Å²) in [7, 11) is 5.26. The number of hydrogen-bond donors (Lipinski definition) is 0. The highest BCUT2D eigenvalue weighted by Crippen LogP contribution is 2.29. The van der Waals surface area contributed by atoms with Crippen molar-refractivity contribution in [2.75, 3.05) is 21.3 Å². The van der Waals surface area contributed by atoms with E-state index in [1.54, 1.807) is 14.2 Å². The average molecular weight is 321 g/mol. The van der Waals surface area contributed by atoms with Crippen molar-refractivity contribution in [3.8, 4) is 0 Å². The van der Waals surface area contributed by atoms with Crippen LogP contribution in [0.3, 0.4) is 0 Å². The molecule has 138 valence electrons. The third-order valence-corrected chi connectivity index (χ3v) is 4.42. The molecule has 0 heterocycles. The Morgan fingerprint density at radius 3 is 1.68 bits per heavy atom. The normalized spacial score (nSPS) is 26.9. The summed E-state index contributed by atoms with van der Waals surface area (Å²) in [6, 6.07) is 0. The second kappa shape index (κ2) is 14.5. The summed E-state index contributed by atoms with van der Waals surface area (Å²) in [5, 5.41) is 0. The Bertz CT molecular complexity index is 231. The molecule has 3 nitrogen and oxygen atoms in total. The first-order valence-electron chi connectivity index (χ1n) is 7.95. The zero-order chi connectivity index (χ0) is 15.7. The van der Waals surface area contributed by atoms with Crippen molar-refractivity contribution in [3.05, 3.63) is 0 Å². The third-order valence-electron chi connectivity index (χ3n) is 4.42. The van der Waals surface area contributed by atoms with Gasteiger partial charge in [0.2, 0.25) is 0 Å². The second-order valence-corrected chi connectivity index (χ2v) is 6.55. The van der Waals surface area contributed by atoms with Gasteiger partial charge in [0.05, 0.1) is 18.3 Å². The summed E-state index contributed by atoms with van der Waals surface area (Å²) >= 11 is 0. The fourth-order valence-corrected chi connectivity index (χ4v) is 3.13. The summed E-state index contributed by atoms with van der Waals surface area (Å²) in [6.07, 6.45) is 4.89. The first-order valence-corrected chi connectivity index (χ1v) is 7.95. The lowest BCUT2D eigenvalue weighted by atomic mass is 9.81. The van der Waals surface area contributed by atoms with Crippen LogP contribution in [0.25, 0.3) is 0 Å². The Morgan fingerprint density at radius 2 is 1.41 bits per heavy atom. The summed E-state index contributed by atoms with van der Waals surface area (Å²) < 4.78 is 15.7. The van der Waals surface area contributed by atoms with Gasteiger partial charge < -0.3 is 14.2 Å². The van der Waals surface area contributed by atoms with Gasteiger partial charge in [-0.1, -0.05) is 42.5 Å². The van der Waals surface area contributed by atoms with E-state index in [-0.39, 0.29) is 27.1 Å². The van der Waals surface area contributed by atoms with Crippen molar-refractivity contribution in [1.29, 1.82) is 0 Å². The van der Waals surface area contributed by atoms with E-state index in [9.17, 15) is 0 Å². The summed E-state index contributed by atoms with van der Waals surface area (Å²) in [5.74, 6) is 2.20. The van der Waals surface area contributed by atoms with Crippen LogP contribution in [0.5, 0.6) is 0 Å². The van der Waals surface area contributed by atoms with Crippen LogP contribution < -0.4 is 0 Å². The smallest absolute Gasteiger partial charge is 0.0852 e. The first-order chi connectivity index (χ1) is 9.37. The van der Waals surface area contributed by atoms with Gasteiger partial charge >= 0.3 is 0 Å². The minimum absolute atomic E-state index is 0. The van der Waals surface area contributed by atoms with Gasteiger partial charge in [0.1, 0.15) is 0 Å². The van der Waals surface area contributed by atoms with Gasteiger partial charge in [-0.2, -0.15) is 0 Å². The molecule has 1 aliphatic rings. The van der Waals surface area contributed by atoms with Crippen LogP contribution in [-0.2, 0) is 14.2 Å². The number of ether oxygens (including phenoxy) is 3. The minimum Gasteiger partial charge on any atom is -0.381 e. The molecule has 5 unspecified atom stereocenters. The lowest BCUT2D eigenvalue weighted by Crippen LogP contribution is -2.31. The molecule has 1 saturated carbocycles. The number of methoxy groups -OCH3 is 3. The van der Waals surface area contributed by atoms with Crippen LogP contribution in [-0.4, -0.2) is 39.6 Å². The molecule has 0 radical (unpaired) electrons. The third kappa shape index (κ3) is 9.81. The Labute approximate surface area is 141 Å². The van der Waals surface area contributed by atoms with Gasteiger partial charge in [0, 0.05) is 21.3 Å². The van der Waals surface area contributed by atoms with Gasteiger partial charge in [0.25, 0.3) is 0 Å². The van der Waals surface area contributed by atoms with Gasteiger partial charge in [-0.3, -0.25) is 0 Å². The van der Waals surface area contributed by atoms with Crippen molar-refractivity contribution >= 4 is 0 Å². The predicted octanol–water partition coefficient (Wildman–Crippen LogP) is 5.42. The van der Waals surface area contributed by atoms with Crippen LogP contribution >= 0.6 is 0 Å². The molecule has 0 amide bonds. The molecule has 1 rings (SSSR count). The van der Waals surface area contributed by atoms with Crippen molar-refractivity contribution in [2.24, 2.45) is 17.8 Å². The summed E-state index contributed by atoms with van der Waals surface area (Å²) in [4.78, 5) is 0. The number of hydrogen-bond acceptors (Lipinski definition) is 3. The highest BCUT2D eigenvalue weighted by atomic mass is 16.5. The maximum Gasteiger partial charge on any atom is 0.0852 e. The highest BCUT2D eigenvalue weighted by Gasteiger charge is 2.24. The molecule has 0 saturated heterocycles. The summed E-state index contributed by atoms with van der Waals surface area (Å²) in [6.45, 7) is 10.9. The van der Waals surface area contributed by atoms with E-state index in [1.807, 2.05) is 14.0 Å². The molecular formula is C19H44O3. The van der Waals surface area contributed by atoms with Crippen molar-refractivity contribution in [1.82, 2.24) is 0 Å². The van der Waals surface area contributed by atoms with Crippen molar-refractivity contribution in [2.45, 2.75) is 87.0 Å². The van der Waals surface area contributed by atoms with Crippen LogP contribution in [0.1, 0.15) is 68.7 Å². The Morgan fingerprint density at radius 1 is 0.864 bits per heavy atom. The minimum atomic E-state index is 0. The number of rotatable bonds is 5. The van der Waals surface area contributed by atoms with Gasteiger partial charge in [-0.25, -0.2) is 0 Å². The molecular weight excluding hydrogens is 276 g/mol. The van der Waals surface area contributed by atoms with E-state index < -0.39 is 0 Å². The van der Waals surface area contributed by atoms with Crippen LogP contribution in [0.2, 0.25) is 0 Å². The largest absolute Gasteiger partial charge is 0.381 e.